The van der Waals surface area contributed by atoms with Gasteiger partial charge in [-0.05, 0) is 17.7 Å². The second-order valence-electron chi connectivity index (χ2n) is 4.42. The lowest BCUT2D eigenvalue weighted by molar-refractivity contribution is 0.502. The van der Waals surface area contributed by atoms with Crippen LogP contribution in [0.1, 0.15) is 17.5 Å². The monoisotopic (exact) mass is 272 g/mol. The van der Waals surface area contributed by atoms with Crippen molar-refractivity contribution in [3.8, 4) is 0 Å². The fourth-order valence-electron chi connectivity index (χ4n) is 2.06. The molecule has 19 heavy (non-hydrogen) atoms. The SMILES string of the molecule is NC(Cc1nc2cccc(Cl)c2o1)c1ccccc1. The van der Waals surface area contributed by atoms with Gasteiger partial charge in [-0.2, -0.15) is 0 Å². The Morgan fingerprint density at radius 2 is 1.89 bits per heavy atom. The summed E-state index contributed by atoms with van der Waals surface area (Å²) in [5.41, 5.74) is 8.61. The van der Waals surface area contributed by atoms with E-state index >= 15 is 0 Å². The molecule has 0 aliphatic heterocycles. The minimum Gasteiger partial charge on any atom is -0.439 e. The van der Waals surface area contributed by atoms with E-state index in [0.717, 1.165) is 11.1 Å². The van der Waals surface area contributed by atoms with Crippen LogP contribution in [0, 0.1) is 0 Å². The Kier molecular flexibility index (Phi) is 3.23. The molecule has 2 aromatic carbocycles. The highest BCUT2D eigenvalue weighted by atomic mass is 35.5. The lowest BCUT2D eigenvalue weighted by atomic mass is 10.1. The molecule has 0 saturated carbocycles. The minimum absolute atomic E-state index is 0.131. The second kappa shape index (κ2) is 5.03. The third-order valence-electron chi connectivity index (χ3n) is 3.03. The van der Waals surface area contributed by atoms with Crippen LogP contribution in [0.5, 0.6) is 0 Å². The molecule has 0 amide bonds. The summed E-state index contributed by atoms with van der Waals surface area (Å²) in [5, 5.41) is 0.574. The lowest BCUT2D eigenvalue weighted by Crippen LogP contribution is -2.13. The Labute approximate surface area is 116 Å². The molecular formula is C15H13ClN2O. The Bertz CT molecular complexity index is 694. The van der Waals surface area contributed by atoms with E-state index in [0.29, 0.717) is 22.9 Å². The first-order valence-corrected chi connectivity index (χ1v) is 6.46. The summed E-state index contributed by atoms with van der Waals surface area (Å²) in [6.45, 7) is 0. The molecule has 0 aliphatic carbocycles. The van der Waals surface area contributed by atoms with Crippen molar-refractivity contribution in [1.82, 2.24) is 4.98 Å². The summed E-state index contributed by atoms with van der Waals surface area (Å²) in [4.78, 5) is 4.41. The van der Waals surface area contributed by atoms with Crippen LogP contribution in [-0.4, -0.2) is 4.98 Å². The number of fused-ring (bicyclic) bond motifs is 1. The van der Waals surface area contributed by atoms with Crippen LogP contribution in [0.3, 0.4) is 0 Å². The predicted octanol–water partition coefficient (Wildman–Crippen LogP) is 3.72. The maximum absolute atomic E-state index is 6.15. The van der Waals surface area contributed by atoms with Gasteiger partial charge in [0.05, 0.1) is 5.02 Å². The van der Waals surface area contributed by atoms with Crippen LogP contribution >= 0.6 is 11.6 Å². The first kappa shape index (κ1) is 12.2. The van der Waals surface area contributed by atoms with Crippen molar-refractivity contribution >= 4 is 22.7 Å². The van der Waals surface area contributed by atoms with E-state index in [1.54, 1.807) is 6.07 Å². The Hall–Kier alpha value is -1.84. The average molecular weight is 273 g/mol. The van der Waals surface area contributed by atoms with Gasteiger partial charge in [0.1, 0.15) is 5.52 Å². The molecule has 1 aromatic heterocycles. The molecule has 1 atom stereocenters. The Balaban J connectivity index is 1.88. The zero-order valence-corrected chi connectivity index (χ0v) is 11.0. The minimum atomic E-state index is -0.131. The smallest absolute Gasteiger partial charge is 0.197 e. The molecule has 0 aliphatic rings. The standard InChI is InChI=1S/C15H13ClN2O/c16-11-7-4-8-13-15(11)19-14(18-13)9-12(17)10-5-2-1-3-6-10/h1-8,12H,9,17H2. The van der Waals surface area contributed by atoms with Gasteiger partial charge in [-0.15, -0.1) is 0 Å². The van der Waals surface area contributed by atoms with Crippen LogP contribution in [0.4, 0.5) is 0 Å². The zero-order chi connectivity index (χ0) is 13.2. The van der Waals surface area contributed by atoms with Gasteiger partial charge in [0.15, 0.2) is 11.5 Å². The molecule has 2 N–H and O–H groups in total. The number of benzene rings is 2. The van der Waals surface area contributed by atoms with Crippen molar-refractivity contribution in [2.24, 2.45) is 5.73 Å². The molecule has 0 spiro atoms. The van der Waals surface area contributed by atoms with Crippen molar-refractivity contribution in [1.29, 1.82) is 0 Å². The first-order valence-electron chi connectivity index (χ1n) is 6.08. The maximum atomic E-state index is 6.15. The quantitative estimate of drug-likeness (QED) is 0.790. The molecule has 96 valence electrons. The summed E-state index contributed by atoms with van der Waals surface area (Å²) in [6.07, 6.45) is 0.551. The number of hydrogen-bond donors (Lipinski definition) is 1. The van der Waals surface area contributed by atoms with Crippen molar-refractivity contribution < 1.29 is 4.42 Å². The van der Waals surface area contributed by atoms with Gasteiger partial charge in [-0.1, -0.05) is 48.0 Å². The molecule has 0 fully saturated rings. The van der Waals surface area contributed by atoms with Gasteiger partial charge in [0, 0.05) is 12.5 Å². The molecule has 0 radical (unpaired) electrons. The highest BCUT2D eigenvalue weighted by Crippen LogP contribution is 2.25. The Morgan fingerprint density at radius 1 is 1.11 bits per heavy atom. The fourth-order valence-corrected chi connectivity index (χ4v) is 2.26. The third kappa shape index (κ3) is 2.48. The number of aromatic nitrogens is 1. The van der Waals surface area contributed by atoms with Crippen molar-refractivity contribution in [2.75, 3.05) is 0 Å². The maximum Gasteiger partial charge on any atom is 0.197 e. The lowest BCUT2D eigenvalue weighted by Gasteiger charge is -2.08. The van der Waals surface area contributed by atoms with Crippen LogP contribution in [0.15, 0.2) is 52.9 Å². The van der Waals surface area contributed by atoms with Crippen LogP contribution in [-0.2, 0) is 6.42 Å². The third-order valence-corrected chi connectivity index (χ3v) is 3.33. The average Bonchev–Trinajstić information content (AvgIpc) is 2.84. The van der Waals surface area contributed by atoms with Gasteiger partial charge in [-0.3, -0.25) is 0 Å². The Morgan fingerprint density at radius 3 is 2.63 bits per heavy atom. The molecule has 1 unspecified atom stereocenters. The molecule has 4 heteroatoms. The number of para-hydroxylation sites is 1. The van der Waals surface area contributed by atoms with Gasteiger partial charge >= 0.3 is 0 Å². The highest BCUT2D eigenvalue weighted by Gasteiger charge is 2.13. The van der Waals surface area contributed by atoms with Crippen molar-refractivity contribution in [3.63, 3.8) is 0 Å². The summed E-state index contributed by atoms with van der Waals surface area (Å²) in [7, 11) is 0. The molecular weight excluding hydrogens is 260 g/mol. The van der Waals surface area contributed by atoms with E-state index in [1.807, 2.05) is 42.5 Å². The van der Waals surface area contributed by atoms with E-state index in [-0.39, 0.29) is 6.04 Å². The number of rotatable bonds is 3. The predicted molar refractivity (Wildman–Crippen MR) is 76.1 cm³/mol. The molecule has 3 aromatic rings. The fraction of sp³-hybridized carbons (Fsp3) is 0.133. The van der Waals surface area contributed by atoms with E-state index < -0.39 is 0 Å². The van der Waals surface area contributed by atoms with E-state index in [9.17, 15) is 0 Å². The summed E-state index contributed by atoms with van der Waals surface area (Å²) in [6, 6.07) is 15.3. The topological polar surface area (TPSA) is 52.0 Å². The van der Waals surface area contributed by atoms with Gasteiger partial charge in [0.25, 0.3) is 0 Å². The number of nitrogens with zero attached hydrogens (tertiary/aromatic N) is 1. The number of nitrogens with two attached hydrogens (primary N) is 1. The summed E-state index contributed by atoms with van der Waals surface area (Å²) >= 11 is 6.06. The zero-order valence-electron chi connectivity index (χ0n) is 10.2. The largest absolute Gasteiger partial charge is 0.439 e. The van der Waals surface area contributed by atoms with Crippen molar-refractivity contribution in [3.05, 3.63) is 65.0 Å². The number of hydrogen-bond acceptors (Lipinski definition) is 3. The second-order valence-corrected chi connectivity index (χ2v) is 4.82. The van der Waals surface area contributed by atoms with Gasteiger partial charge < -0.3 is 10.2 Å². The van der Waals surface area contributed by atoms with Crippen LogP contribution in [0.25, 0.3) is 11.1 Å². The summed E-state index contributed by atoms with van der Waals surface area (Å²) in [5.74, 6) is 0.611. The van der Waals surface area contributed by atoms with E-state index in [1.165, 1.54) is 0 Å². The number of halogens is 1. The molecule has 3 rings (SSSR count). The molecule has 1 heterocycles. The highest BCUT2D eigenvalue weighted by molar-refractivity contribution is 6.34. The van der Waals surface area contributed by atoms with Gasteiger partial charge in [-0.25, -0.2) is 4.98 Å². The first-order chi connectivity index (χ1) is 9.24. The van der Waals surface area contributed by atoms with Gasteiger partial charge in [0.2, 0.25) is 0 Å². The normalized spacial score (nSPS) is 12.7. The van der Waals surface area contributed by atoms with Crippen LogP contribution < -0.4 is 5.73 Å². The number of oxazole rings is 1. The molecule has 0 saturated heterocycles. The van der Waals surface area contributed by atoms with E-state index in [2.05, 4.69) is 4.98 Å². The van der Waals surface area contributed by atoms with E-state index in [4.69, 9.17) is 21.8 Å². The summed E-state index contributed by atoms with van der Waals surface area (Å²) < 4.78 is 5.67. The molecule has 3 nitrogen and oxygen atoms in total. The van der Waals surface area contributed by atoms with Crippen molar-refractivity contribution in [2.45, 2.75) is 12.5 Å². The molecule has 0 bridgehead atoms. The van der Waals surface area contributed by atoms with Crippen LogP contribution in [0.2, 0.25) is 5.02 Å².